The van der Waals surface area contributed by atoms with Crippen LogP contribution in [0.4, 0.5) is 0 Å². The molecule has 0 atom stereocenters. The van der Waals surface area contributed by atoms with E-state index in [2.05, 4.69) is 20.4 Å². The van der Waals surface area contributed by atoms with E-state index in [0.717, 1.165) is 11.3 Å². The van der Waals surface area contributed by atoms with Crippen molar-refractivity contribution in [2.75, 3.05) is 6.54 Å². The lowest BCUT2D eigenvalue weighted by Crippen LogP contribution is -2.26. The number of amides is 1. The molecule has 9 heteroatoms. The Kier molecular flexibility index (Phi) is 3.85. The summed E-state index contributed by atoms with van der Waals surface area (Å²) in [5.41, 5.74) is -0.135. The predicted octanol–water partition coefficient (Wildman–Crippen LogP) is 0.505. The van der Waals surface area contributed by atoms with E-state index < -0.39 is 11.9 Å². The van der Waals surface area contributed by atoms with Gasteiger partial charge in [0.2, 0.25) is 5.89 Å². The van der Waals surface area contributed by atoms with Crippen LogP contribution in [0.1, 0.15) is 32.0 Å². The number of hydrogen-bond acceptors (Lipinski definition) is 7. The summed E-state index contributed by atoms with van der Waals surface area (Å²) in [6, 6.07) is 0. The summed E-state index contributed by atoms with van der Waals surface area (Å²) in [6.07, 6.45) is 0.431. The van der Waals surface area contributed by atoms with Gasteiger partial charge >= 0.3 is 5.97 Å². The average molecular weight is 282 g/mol. The highest BCUT2D eigenvalue weighted by Crippen LogP contribution is 2.09. The van der Waals surface area contributed by atoms with Gasteiger partial charge in [0.1, 0.15) is 0 Å². The van der Waals surface area contributed by atoms with Gasteiger partial charge in [-0.1, -0.05) is 5.16 Å². The Hall–Kier alpha value is -2.29. The molecule has 0 saturated carbocycles. The maximum absolute atomic E-state index is 11.7. The number of carboxylic acids is 1. The molecule has 0 aliphatic carbocycles. The zero-order valence-electron chi connectivity index (χ0n) is 9.91. The zero-order valence-corrected chi connectivity index (χ0v) is 10.7. The molecule has 2 N–H and O–H groups in total. The summed E-state index contributed by atoms with van der Waals surface area (Å²) in [7, 11) is 0. The van der Waals surface area contributed by atoms with Gasteiger partial charge in [-0.15, -0.1) is 11.3 Å². The third-order valence-corrected chi connectivity index (χ3v) is 2.96. The van der Waals surface area contributed by atoms with Crippen molar-refractivity contribution >= 4 is 23.2 Å². The molecule has 0 fully saturated rings. The molecule has 2 aromatic heterocycles. The fourth-order valence-electron chi connectivity index (χ4n) is 1.28. The molecular formula is C10H10N4O4S. The van der Waals surface area contributed by atoms with Gasteiger partial charge in [-0.05, 0) is 0 Å². The lowest BCUT2D eigenvalue weighted by molar-refractivity contribution is 0.0691. The third-order valence-electron chi connectivity index (χ3n) is 2.12. The molecule has 0 aromatic carbocycles. The Labute approximate surface area is 111 Å². The molecule has 0 spiro atoms. The molecule has 2 rings (SSSR count). The van der Waals surface area contributed by atoms with E-state index in [9.17, 15) is 9.59 Å². The molecule has 2 aromatic rings. The van der Waals surface area contributed by atoms with Gasteiger partial charge in [-0.2, -0.15) is 4.98 Å². The first-order chi connectivity index (χ1) is 9.06. The van der Waals surface area contributed by atoms with Crippen LogP contribution in [0.5, 0.6) is 0 Å². The first kappa shape index (κ1) is 13.1. The average Bonchev–Trinajstić information content (AvgIpc) is 2.98. The van der Waals surface area contributed by atoms with Crippen LogP contribution in [-0.4, -0.2) is 38.7 Å². The van der Waals surface area contributed by atoms with Gasteiger partial charge < -0.3 is 14.9 Å². The van der Waals surface area contributed by atoms with Crippen LogP contribution in [0.2, 0.25) is 0 Å². The quantitative estimate of drug-likeness (QED) is 0.819. The number of nitrogens with one attached hydrogen (secondary N) is 1. The number of nitrogens with zero attached hydrogens (tertiary/aromatic N) is 3. The second-order valence-electron chi connectivity index (χ2n) is 3.58. The van der Waals surface area contributed by atoms with Crippen molar-refractivity contribution in [2.24, 2.45) is 0 Å². The first-order valence-corrected chi connectivity index (χ1v) is 6.20. The lowest BCUT2D eigenvalue weighted by Gasteiger charge is -1.99. The van der Waals surface area contributed by atoms with Crippen molar-refractivity contribution in [3.05, 3.63) is 27.8 Å². The number of rotatable bonds is 5. The van der Waals surface area contributed by atoms with Gasteiger partial charge in [0.25, 0.3) is 5.91 Å². The van der Waals surface area contributed by atoms with Crippen LogP contribution < -0.4 is 5.32 Å². The van der Waals surface area contributed by atoms with Gasteiger partial charge in [0.15, 0.2) is 16.5 Å². The summed E-state index contributed by atoms with van der Waals surface area (Å²) in [5.74, 6) is -0.606. The van der Waals surface area contributed by atoms with Crippen molar-refractivity contribution in [2.45, 2.75) is 13.3 Å². The topological polar surface area (TPSA) is 118 Å². The van der Waals surface area contributed by atoms with Crippen LogP contribution in [0.3, 0.4) is 0 Å². The summed E-state index contributed by atoms with van der Waals surface area (Å²) < 4.78 is 4.79. The van der Waals surface area contributed by atoms with Crippen LogP contribution in [-0.2, 0) is 6.42 Å². The number of aromatic carboxylic acids is 1. The van der Waals surface area contributed by atoms with Crippen LogP contribution >= 0.6 is 11.3 Å². The highest BCUT2D eigenvalue weighted by Gasteiger charge is 2.14. The van der Waals surface area contributed by atoms with Gasteiger partial charge in [-0.3, -0.25) is 4.79 Å². The second kappa shape index (κ2) is 5.57. The SMILES string of the molecule is Cc1nc(CCNC(=O)c2nc(C(=O)O)cs2)no1. The normalized spacial score (nSPS) is 10.4. The van der Waals surface area contributed by atoms with Crippen molar-refractivity contribution < 1.29 is 19.2 Å². The Morgan fingerprint density at radius 2 is 2.26 bits per heavy atom. The molecule has 0 aliphatic heterocycles. The Morgan fingerprint density at radius 3 is 2.84 bits per heavy atom. The minimum atomic E-state index is -1.16. The zero-order chi connectivity index (χ0) is 13.8. The van der Waals surface area contributed by atoms with Crippen molar-refractivity contribution in [1.29, 1.82) is 0 Å². The molecule has 8 nitrogen and oxygen atoms in total. The molecule has 0 unspecified atom stereocenters. The van der Waals surface area contributed by atoms with E-state index >= 15 is 0 Å². The van der Waals surface area contributed by atoms with Gasteiger partial charge in [-0.25, -0.2) is 9.78 Å². The van der Waals surface area contributed by atoms with Gasteiger partial charge in [0, 0.05) is 25.3 Å². The molecule has 1 amide bonds. The van der Waals surface area contributed by atoms with Crippen molar-refractivity contribution in [1.82, 2.24) is 20.4 Å². The smallest absolute Gasteiger partial charge is 0.355 e. The molecule has 0 radical (unpaired) electrons. The monoisotopic (exact) mass is 282 g/mol. The molecule has 0 bridgehead atoms. The molecule has 0 aliphatic rings. The number of thiazole rings is 1. The summed E-state index contributed by atoms with van der Waals surface area (Å²) in [5, 5.41) is 16.4. The molecule has 2 heterocycles. The minimum Gasteiger partial charge on any atom is -0.476 e. The van der Waals surface area contributed by atoms with E-state index in [4.69, 9.17) is 9.63 Å². The summed E-state index contributed by atoms with van der Waals surface area (Å²) >= 11 is 0.983. The lowest BCUT2D eigenvalue weighted by atomic mass is 10.4. The van der Waals surface area contributed by atoms with E-state index in [-0.39, 0.29) is 10.7 Å². The molecule has 19 heavy (non-hydrogen) atoms. The summed E-state index contributed by atoms with van der Waals surface area (Å²) in [6.45, 7) is 2.00. The Balaban J connectivity index is 1.85. The Morgan fingerprint density at radius 1 is 1.47 bits per heavy atom. The Bertz CT molecular complexity index is 606. The number of aryl methyl sites for hydroxylation is 1. The molecule has 0 saturated heterocycles. The van der Waals surface area contributed by atoms with Crippen molar-refractivity contribution in [3.8, 4) is 0 Å². The standard InChI is InChI=1S/C10H10N4O4S/c1-5-12-7(14-18-5)2-3-11-8(15)9-13-6(4-19-9)10(16)17/h4H,2-3H2,1H3,(H,11,15)(H,16,17). The van der Waals surface area contributed by atoms with Gasteiger partial charge in [0.05, 0.1) is 0 Å². The largest absolute Gasteiger partial charge is 0.476 e. The van der Waals surface area contributed by atoms with E-state index in [1.54, 1.807) is 6.92 Å². The fourth-order valence-corrected chi connectivity index (χ4v) is 1.99. The highest BCUT2D eigenvalue weighted by molar-refractivity contribution is 7.11. The number of hydrogen-bond donors (Lipinski definition) is 2. The van der Waals surface area contributed by atoms with Crippen LogP contribution in [0, 0.1) is 6.92 Å². The third kappa shape index (κ3) is 3.35. The highest BCUT2D eigenvalue weighted by atomic mass is 32.1. The first-order valence-electron chi connectivity index (χ1n) is 5.32. The van der Waals surface area contributed by atoms with E-state index in [1.807, 2.05) is 0 Å². The minimum absolute atomic E-state index is 0.113. The fraction of sp³-hybridized carbons (Fsp3) is 0.300. The number of aromatic nitrogens is 3. The number of carbonyl (C=O) groups excluding carboxylic acids is 1. The number of carboxylic acid groups (broad SMARTS) is 1. The maximum Gasteiger partial charge on any atom is 0.355 e. The van der Waals surface area contributed by atoms with Crippen molar-refractivity contribution in [3.63, 3.8) is 0 Å². The van der Waals surface area contributed by atoms with Crippen LogP contribution in [0.25, 0.3) is 0 Å². The van der Waals surface area contributed by atoms with E-state index in [0.29, 0.717) is 24.7 Å². The molecule has 100 valence electrons. The second-order valence-corrected chi connectivity index (χ2v) is 4.44. The number of carbonyl (C=O) groups is 2. The maximum atomic E-state index is 11.7. The molecular weight excluding hydrogens is 272 g/mol. The summed E-state index contributed by atoms with van der Waals surface area (Å²) in [4.78, 5) is 30.0. The van der Waals surface area contributed by atoms with E-state index in [1.165, 1.54) is 5.38 Å². The predicted molar refractivity (Wildman–Crippen MR) is 64.1 cm³/mol. The van der Waals surface area contributed by atoms with Crippen LogP contribution in [0.15, 0.2) is 9.90 Å².